The van der Waals surface area contributed by atoms with Gasteiger partial charge >= 0.3 is 0 Å². The van der Waals surface area contributed by atoms with Crippen molar-refractivity contribution in [2.75, 3.05) is 18.5 Å². The molecule has 15 heavy (non-hydrogen) atoms. The summed E-state index contributed by atoms with van der Waals surface area (Å²) < 4.78 is 0. The third kappa shape index (κ3) is 3.92. The first kappa shape index (κ1) is 12.1. The van der Waals surface area contributed by atoms with Crippen molar-refractivity contribution in [2.24, 2.45) is 5.73 Å². The molecule has 0 aliphatic heterocycles. The van der Waals surface area contributed by atoms with E-state index in [0.717, 1.165) is 19.4 Å². The van der Waals surface area contributed by atoms with Crippen LogP contribution in [0.25, 0.3) is 0 Å². The summed E-state index contributed by atoms with van der Waals surface area (Å²) in [5.41, 5.74) is 8.57. The SMILES string of the molecule is CCCC(N)CN(C)c1cccc(C)c1. The van der Waals surface area contributed by atoms with Crippen LogP contribution in [0.3, 0.4) is 0 Å². The van der Waals surface area contributed by atoms with Crippen LogP contribution in [0.5, 0.6) is 0 Å². The van der Waals surface area contributed by atoms with Crippen LogP contribution in [0.2, 0.25) is 0 Å². The standard InChI is InChI=1S/C13H22N2/c1-4-6-12(14)10-15(3)13-8-5-7-11(2)9-13/h5,7-9,12H,4,6,10,14H2,1-3H3. The lowest BCUT2D eigenvalue weighted by Gasteiger charge is -2.23. The second kappa shape index (κ2) is 5.76. The van der Waals surface area contributed by atoms with Crippen molar-refractivity contribution < 1.29 is 0 Å². The van der Waals surface area contributed by atoms with E-state index < -0.39 is 0 Å². The summed E-state index contributed by atoms with van der Waals surface area (Å²) in [6, 6.07) is 8.81. The van der Waals surface area contributed by atoms with Gasteiger partial charge in [0.2, 0.25) is 0 Å². The van der Waals surface area contributed by atoms with Crippen LogP contribution in [0, 0.1) is 6.92 Å². The van der Waals surface area contributed by atoms with Crippen LogP contribution in [-0.2, 0) is 0 Å². The van der Waals surface area contributed by atoms with Crippen LogP contribution < -0.4 is 10.6 Å². The molecule has 0 aromatic heterocycles. The van der Waals surface area contributed by atoms with Crippen molar-refractivity contribution in [1.82, 2.24) is 0 Å². The second-order valence-electron chi connectivity index (χ2n) is 4.27. The Bertz CT molecular complexity index is 296. The van der Waals surface area contributed by atoms with E-state index in [-0.39, 0.29) is 6.04 Å². The molecule has 2 heteroatoms. The minimum atomic E-state index is 0.278. The van der Waals surface area contributed by atoms with Crippen LogP contribution in [0.1, 0.15) is 25.3 Å². The largest absolute Gasteiger partial charge is 0.373 e. The average Bonchev–Trinajstić information content (AvgIpc) is 2.18. The molecular weight excluding hydrogens is 184 g/mol. The van der Waals surface area contributed by atoms with Crippen LogP contribution in [0.15, 0.2) is 24.3 Å². The number of hydrogen-bond acceptors (Lipinski definition) is 2. The van der Waals surface area contributed by atoms with E-state index in [2.05, 4.69) is 50.1 Å². The molecular formula is C13H22N2. The lowest BCUT2D eigenvalue weighted by atomic mass is 10.1. The summed E-state index contributed by atoms with van der Waals surface area (Å²) >= 11 is 0. The predicted molar refractivity (Wildman–Crippen MR) is 67.3 cm³/mol. The first-order valence-electron chi connectivity index (χ1n) is 5.67. The lowest BCUT2D eigenvalue weighted by molar-refractivity contribution is 0.597. The van der Waals surface area contributed by atoms with Gasteiger partial charge in [-0.05, 0) is 31.0 Å². The molecule has 0 aliphatic rings. The normalized spacial score (nSPS) is 12.5. The van der Waals surface area contributed by atoms with Gasteiger partial charge in [0, 0.05) is 25.3 Å². The third-order valence-electron chi connectivity index (χ3n) is 2.61. The van der Waals surface area contributed by atoms with Crippen molar-refractivity contribution >= 4 is 5.69 Å². The Morgan fingerprint density at radius 3 is 2.73 bits per heavy atom. The third-order valence-corrected chi connectivity index (χ3v) is 2.61. The minimum absolute atomic E-state index is 0.278. The Hall–Kier alpha value is -1.02. The molecule has 0 amide bonds. The van der Waals surface area contributed by atoms with Crippen LogP contribution in [0.4, 0.5) is 5.69 Å². The molecule has 0 bridgehead atoms. The van der Waals surface area contributed by atoms with Crippen molar-refractivity contribution in [2.45, 2.75) is 32.7 Å². The maximum Gasteiger partial charge on any atom is 0.0366 e. The quantitative estimate of drug-likeness (QED) is 0.802. The van der Waals surface area contributed by atoms with E-state index in [9.17, 15) is 0 Å². The van der Waals surface area contributed by atoms with Crippen molar-refractivity contribution in [3.8, 4) is 0 Å². The van der Waals surface area contributed by atoms with E-state index in [1.165, 1.54) is 11.3 Å². The molecule has 0 saturated carbocycles. The van der Waals surface area contributed by atoms with Gasteiger partial charge in [-0.25, -0.2) is 0 Å². The predicted octanol–water partition coefficient (Wildman–Crippen LogP) is 2.56. The fourth-order valence-corrected chi connectivity index (χ4v) is 1.78. The van der Waals surface area contributed by atoms with Crippen LogP contribution in [-0.4, -0.2) is 19.6 Å². The highest BCUT2D eigenvalue weighted by molar-refractivity contribution is 5.47. The molecule has 0 spiro atoms. The summed E-state index contributed by atoms with van der Waals surface area (Å²) in [5, 5.41) is 0. The monoisotopic (exact) mass is 206 g/mol. The zero-order chi connectivity index (χ0) is 11.3. The zero-order valence-corrected chi connectivity index (χ0v) is 10.0. The summed E-state index contributed by atoms with van der Waals surface area (Å²) in [6.45, 7) is 5.22. The van der Waals surface area contributed by atoms with E-state index in [0.29, 0.717) is 0 Å². The van der Waals surface area contributed by atoms with E-state index in [4.69, 9.17) is 5.73 Å². The fraction of sp³-hybridized carbons (Fsp3) is 0.538. The van der Waals surface area contributed by atoms with Gasteiger partial charge in [-0.1, -0.05) is 25.5 Å². The van der Waals surface area contributed by atoms with Gasteiger partial charge in [-0.3, -0.25) is 0 Å². The number of aryl methyl sites for hydroxylation is 1. The summed E-state index contributed by atoms with van der Waals surface area (Å²) in [4.78, 5) is 2.23. The molecule has 0 saturated heterocycles. The van der Waals surface area contributed by atoms with Crippen molar-refractivity contribution in [3.63, 3.8) is 0 Å². The van der Waals surface area contributed by atoms with Crippen molar-refractivity contribution in [3.05, 3.63) is 29.8 Å². The van der Waals surface area contributed by atoms with Crippen LogP contribution >= 0.6 is 0 Å². The van der Waals surface area contributed by atoms with Gasteiger partial charge in [-0.2, -0.15) is 0 Å². The van der Waals surface area contributed by atoms with E-state index >= 15 is 0 Å². The number of likely N-dealkylation sites (N-methyl/N-ethyl adjacent to an activating group) is 1. The smallest absolute Gasteiger partial charge is 0.0366 e. The van der Waals surface area contributed by atoms with Gasteiger partial charge in [-0.15, -0.1) is 0 Å². The summed E-state index contributed by atoms with van der Waals surface area (Å²) in [7, 11) is 2.10. The van der Waals surface area contributed by atoms with E-state index in [1.54, 1.807) is 0 Å². The first-order chi connectivity index (χ1) is 7.13. The molecule has 1 aromatic carbocycles. The maximum absolute atomic E-state index is 6.02. The number of anilines is 1. The highest BCUT2D eigenvalue weighted by Gasteiger charge is 2.06. The fourth-order valence-electron chi connectivity index (χ4n) is 1.78. The highest BCUT2D eigenvalue weighted by Crippen LogP contribution is 2.14. The molecule has 0 radical (unpaired) electrons. The molecule has 1 atom stereocenters. The average molecular weight is 206 g/mol. The first-order valence-corrected chi connectivity index (χ1v) is 5.67. The molecule has 0 aliphatic carbocycles. The lowest BCUT2D eigenvalue weighted by Crippen LogP contribution is -2.35. The molecule has 84 valence electrons. The van der Waals surface area contributed by atoms with E-state index in [1.807, 2.05) is 0 Å². The number of hydrogen-bond donors (Lipinski definition) is 1. The second-order valence-corrected chi connectivity index (χ2v) is 4.27. The van der Waals surface area contributed by atoms with Gasteiger partial charge in [0.1, 0.15) is 0 Å². The minimum Gasteiger partial charge on any atom is -0.373 e. The maximum atomic E-state index is 6.02. The number of rotatable bonds is 5. The molecule has 2 N–H and O–H groups in total. The summed E-state index contributed by atoms with van der Waals surface area (Å²) in [6.07, 6.45) is 2.25. The number of nitrogens with two attached hydrogens (primary N) is 1. The topological polar surface area (TPSA) is 29.3 Å². The Morgan fingerprint density at radius 1 is 1.40 bits per heavy atom. The summed E-state index contributed by atoms with van der Waals surface area (Å²) in [5.74, 6) is 0. The molecule has 1 rings (SSSR count). The molecule has 0 fully saturated rings. The Morgan fingerprint density at radius 2 is 2.13 bits per heavy atom. The Labute approximate surface area is 93.1 Å². The molecule has 1 unspecified atom stereocenters. The molecule has 1 aromatic rings. The van der Waals surface area contributed by atoms with Gasteiger partial charge in [0.05, 0.1) is 0 Å². The van der Waals surface area contributed by atoms with Gasteiger partial charge < -0.3 is 10.6 Å². The Kier molecular flexibility index (Phi) is 4.63. The van der Waals surface area contributed by atoms with Gasteiger partial charge in [0.25, 0.3) is 0 Å². The molecule has 0 heterocycles. The molecule has 2 nitrogen and oxygen atoms in total. The number of nitrogens with zero attached hydrogens (tertiary/aromatic N) is 1. The van der Waals surface area contributed by atoms with Crippen molar-refractivity contribution in [1.29, 1.82) is 0 Å². The Balaban J connectivity index is 2.56. The number of benzene rings is 1. The zero-order valence-electron chi connectivity index (χ0n) is 10.0. The van der Waals surface area contributed by atoms with Gasteiger partial charge in [0.15, 0.2) is 0 Å². The highest BCUT2D eigenvalue weighted by atomic mass is 15.1.